The monoisotopic (exact) mass is 298 g/mol. The molecule has 5 heteroatoms. The first-order valence-electron chi connectivity index (χ1n) is 7.69. The number of carbonyl (C=O) groups excluding carboxylic acids is 1. The Morgan fingerprint density at radius 3 is 2.68 bits per heavy atom. The molecule has 1 unspecified atom stereocenters. The molecule has 4 rings (SSSR count). The third-order valence-electron chi connectivity index (χ3n) is 5.35. The molecule has 2 aromatic rings. The number of nitrogens with zero attached hydrogens (tertiary/aromatic N) is 1. The molecule has 1 spiro atoms. The molecule has 0 radical (unpaired) electrons. The molecule has 0 bridgehead atoms. The van der Waals surface area contributed by atoms with Gasteiger partial charge in [-0.25, -0.2) is 0 Å². The number of carboxylic acid groups (broad SMARTS) is 1. The number of aliphatic carboxylic acids is 1. The molecule has 1 aliphatic heterocycles. The van der Waals surface area contributed by atoms with Gasteiger partial charge in [-0.15, -0.1) is 0 Å². The number of aromatic nitrogens is 1. The zero-order valence-corrected chi connectivity index (χ0v) is 12.2. The zero-order chi connectivity index (χ0) is 15.3. The minimum absolute atomic E-state index is 0.0374. The Bertz CT molecular complexity index is 756. The molecule has 114 valence electrons. The van der Waals surface area contributed by atoms with Crippen molar-refractivity contribution in [3.8, 4) is 0 Å². The second kappa shape index (κ2) is 4.60. The molecule has 1 saturated heterocycles. The van der Waals surface area contributed by atoms with Crippen LogP contribution in [0.5, 0.6) is 0 Å². The van der Waals surface area contributed by atoms with Crippen LogP contribution < -0.4 is 0 Å². The van der Waals surface area contributed by atoms with Gasteiger partial charge in [-0.2, -0.15) is 0 Å². The summed E-state index contributed by atoms with van der Waals surface area (Å²) in [7, 11) is 0. The highest BCUT2D eigenvalue weighted by molar-refractivity contribution is 6.05. The lowest BCUT2D eigenvalue weighted by atomic mass is 9.90. The van der Waals surface area contributed by atoms with E-state index in [2.05, 4.69) is 4.98 Å². The lowest BCUT2D eigenvalue weighted by Gasteiger charge is -2.32. The third kappa shape index (κ3) is 1.92. The smallest absolute Gasteiger partial charge is 0.307 e. The number of rotatable bonds is 2. The molecule has 22 heavy (non-hydrogen) atoms. The number of carboxylic acids is 1. The van der Waals surface area contributed by atoms with Crippen molar-refractivity contribution >= 4 is 22.8 Å². The fraction of sp³-hybridized carbons (Fsp3) is 0.412. The van der Waals surface area contributed by atoms with Crippen molar-refractivity contribution < 1.29 is 14.7 Å². The van der Waals surface area contributed by atoms with Gasteiger partial charge < -0.3 is 15.0 Å². The van der Waals surface area contributed by atoms with E-state index < -0.39 is 5.97 Å². The number of carbonyl (C=O) groups is 2. The van der Waals surface area contributed by atoms with Gasteiger partial charge in [-0.1, -0.05) is 12.1 Å². The summed E-state index contributed by atoms with van der Waals surface area (Å²) in [5.74, 6) is -0.844. The summed E-state index contributed by atoms with van der Waals surface area (Å²) in [6.07, 6.45) is 4.22. The van der Waals surface area contributed by atoms with Crippen LogP contribution in [0.15, 0.2) is 30.5 Å². The molecule has 1 aromatic carbocycles. The lowest BCUT2D eigenvalue weighted by molar-refractivity contribution is -0.139. The lowest BCUT2D eigenvalue weighted by Crippen LogP contribution is -2.40. The molecule has 1 aliphatic carbocycles. The molecule has 2 fully saturated rings. The van der Waals surface area contributed by atoms with Crippen LogP contribution in [0.1, 0.15) is 29.6 Å². The van der Waals surface area contributed by atoms with Crippen LogP contribution in [0.4, 0.5) is 0 Å². The molecular weight excluding hydrogens is 280 g/mol. The van der Waals surface area contributed by atoms with Gasteiger partial charge in [0.25, 0.3) is 5.91 Å². The van der Waals surface area contributed by atoms with E-state index in [1.54, 1.807) is 0 Å². The molecule has 1 aromatic heterocycles. The SMILES string of the molecule is O=C(O)C1CC12CCN(C(=O)c1cccc3cc[nH]c13)CC2. The molecule has 2 N–H and O–H groups in total. The van der Waals surface area contributed by atoms with Crippen LogP contribution in [-0.4, -0.2) is 40.0 Å². The van der Waals surface area contributed by atoms with Gasteiger partial charge in [0, 0.05) is 24.7 Å². The van der Waals surface area contributed by atoms with Gasteiger partial charge in [0.1, 0.15) is 0 Å². The number of nitrogens with one attached hydrogen (secondary N) is 1. The number of likely N-dealkylation sites (tertiary alicyclic amines) is 1. The number of fused-ring (bicyclic) bond motifs is 1. The van der Waals surface area contributed by atoms with Gasteiger partial charge in [-0.3, -0.25) is 9.59 Å². The minimum atomic E-state index is -0.684. The average molecular weight is 298 g/mol. The van der Waals surface area contributed by atoms with Gasteiger partial charge in [0.05, 0.1) is 17.0 Å². The van der Waals surface area contributed by atoms with Crippen molar-refractivity contribution in [2.75, 3.05) is 13.1 Å². The second-order valence-corrected chi connectivity index (χ2v) is 6.50. The summed E-state index contributed by atoms with van der Waals surface area (Å²) < 4.78 is 0. The van der Waals surface area contributed by atoms with Crippen molar-refractivity contribution in [2.45, 2.75) is 19.3 Å². The van der Waals surface area contributed by atoms with E-state index >= 15 is 0 Å². The fourth-order valence-electron chi connectivity index (χ4n) is 3.84. The third-order valence-corrected chi connectivity index (χ3v) is 5.35. The topological polar surface area (TPSA) is 73.4 Å². The van der Waals surface area contributed by atoms with E-state index in [-0.39, 0.29) is 17.2 Å². The summed E-state index contributed by atoms with van der Waals surface area (Å²) in [4.78, 5) is 28.8. The molecule has 1 atom stereocenters. The Balaban J connectivity index is 1.51. The minimum Gasteiger partial charge on any atom is -0.481 e. The number of benzene rings is 1. The van der Waals surface area contributed by atoms with Crippen molar-refractivity contribution in [2.24, 2.45) is 11.3 Å². The predicted octanol–water partition coefficient (Wildman–Crippen LogP) is 2.49. The Labute approximate surface area is 127 Å². The van der Waals surface area contributed by atoms with Crippen molar-refractivity contribution in [1.29, 1.82) is 0 Å². The maximum atomic E-state index is 12.7. The number of hydrogen-bond donors (Lipinski definition) is 2. The van der Waals surface area contributed by atoms with Gasteiger partial charge >= 0.3 is 5.97 Å². The van der Waals surface area contributed by atoms with E-state index in [9.17, 15) is 9.59 Å². The first-order valence-corrected chi connectivity index (χ1v) is 7.69. The maximum Gasteiger partial charge on any atom is 0.307 e. The number of piperidine rings is 1. The molecule has 1 saturated carbocycles. The van der Waals surface area contributed by atoms with Crippen LogP contribution >= 0.6 is 0 Å². The van der Waals surface area contributed by atoms with Crippen LogP contribution in [0.3, 0.4) is 0 Å². The molecular formula is C17H18N2O3. The summed E-state index contributed by atoms with van der Waals surface area (Å²) in [6, 6.07) is 7.69. The normalized spacial score (nSPS) is 22.9. The van der Waals surface area contributed by atoms with Gasteiger partial charge in [-0.05, 0) is 36.8 Å². The van der Waals surface area contributed by atoms with Crippen LogP contribution in [0, 0.1) is 11.3 Å². The highest BCUT2D eigenvalue weighted by Crippen LogP contribution is 2.59. The maximum absolute atomic E-state index is 12.7. The van der Waals surface area contributed by atoms with Gasteiger partial charge in [0.15, 0.2) is 0 Å². The van der Waals surface area contributed by atoms with E-state index in [4.69, 9.17) is 5.11 Å². The Morgan fingerprint density at radius 1 is 1.23 bits per heavy atom. The zero-order valence-electron chi connectivity index (χ0n) is 12.2. The van der Waals surface area contributed by atoms with E-state index in [1.807, 2.05) is 35.4 Å². The molecule has 2 aliphatic rings. The van der Waals surface area contributed by atoms with Crippen LogP contribution in [-0.2, 0) is 4.79 Å². The molecule has 2 heterocycles. The number of hydrogen-bond acceptors (Lipinski definition) is 2. The Hall–Kier alpha value is -2.30. The number of H-pyrrole nitrogens is 1. The predicted molar refractivity (Wildman–Crippen MR) is 81.6 cm³/mol. The molecule has 1 amide bonds. The van der Waals surface area contributed by atoms with Crippen molar-refractivity contribution in [3.05, 3.63) is 36.0 Å². The number of amides is 1. The standard InChI is InChI=1S/C17H18N2O3/c20-15(12-3-1-2-11-4-7-18-14(11)12)19-8-5-17(6-9-19)10-13(17)16(21)22/h1-4,7,13,18H,5-6,8-10H2,(H,21,22). The Morgan fingerprint density at radius 2 is 2.00 bits per heavy atom. The highest BCUT2D eigenvalue weighted by Gasteiger charge is 2.59. The van der Waals surface area contributed by atoms with Crippen LogP contribution in [0.25, 0.3) is 10.9 Å². The summed E-state index contributed by atoms with van der Waals surface area (Å²) >= 11 is 0. The van der Waals surface area contributed by atoms with Crippen LogP contribution in [0.2, 0.25) is 0 Å². The van der Waals surface area contributed by atoms with E-state index in [0.29, 0.717) is 18.7 Å². The first-order chi connectivity index (χ1) is 10.6. The van der Waals surface area contributed by atoms with Crippen molar-refractivity contribution in [3.63, 3.8) is 0 Å². The quantitative estimate of drug-likeness (QED) is 0.894. The summed E-state index contributed by atoms with van der Waals surface area (Å²) in [5.41, 5.74) is 1.53. The Kier molecular flexibility index (Phi) is 2.79. The van der Waals surface area contributed by atoms with E-state index in [0.717, 1.165) is 30.2 Å². The number of aromatic amines is 1. The van der Waals surface area contributed by atoms with Crippen molar-refractivity contribution in [1.82, 2.24) is 9.88 Å². The first kappa shape index (κ1) is 13.4. The molecule has 5 nitrogen and oxygen atoms in total. The van der Waals surface area contributed by atoms with Gasteiger partial charge in [0.2, 0.25) is 0 Å². The second-order valence-electron chi connectivity index (χ2n) is 6.50. The highest BCUT2D eigenvalue weighted by atomic mass is 16.4. The summed E-state index contributed by atoms with van der Waals surface area (Å²) in [5, 5.41) is 10.2. The average Bonchev–Trinajstić information content (AvgIpc) is 3.01. The summed E-state index contributed by atoms with van der Waals surface area (Å²) in [6.45, 7) is 1.30. The van der Waals surface area contributed by atoms with E-state index in [1.165, 1.54) is 0 Å². The fourth-order valence-corrected chi connectivity index (χ4v) is 3.84. The number of para-hydroxylation sites is 1. The largest absolute Gasteiger partial charge is 0.481 e.